The van der Waals surface area contributed by atoms with Gasteiger partial charge in [-0.3, -0.25) is 4.90 Å². The molecule has 2 aliphatic heterocycles. The quantitative estimate of drug-likeness (QED) is 0.400. The molecule has 0 amide bonds. The maximum absolute atomic E-state index is 15.2. The lowest BCUT2D eigenvalue weighted by atomic mass is 9.92. The fourth-order valence-corrected chi connectivity index (χ4v) is 5.81. The number of methoxy groups -OCH3 is 1. The monoisotopic (exact) mass is 525 g/mol. The third kappa shape index (κ3) is 3.99. The first-order valence-corrected chi connectivity index (χ1v) is 13.0. The predicted molar refractivity (Wildman–Crippen MR) is 141 cm³/mol. The van der Waals surface area contributed by atoms with E-state index in [1.807, 2.05) is 37.5 Å². The molecule has 202 valence electrons. The van der Waals surface area contributed by atoms with Crippen molar-refractivity contribution in [3.8, 4) is 17.0 Å². The molecule has 2 saturated heterocycles. The Kier molecular flexibility index (Phi) is 6.03. The van der Waals surface area contributed by atoms with Crippen LogP contribution in [0.4, 0.5) is 14.7 Å². The van der Waals surface area contributed by atoms with Gasteiger partial charge in [0.15, 0.2) is 5.82 Å². The van der Waals surface area contributed by atoms with E-state index in [1.165, 1.54) is 13.2 Å². The smallest absolute Gasteiger partial charge is 0.244 e. The van der Waals surface area contributed by atoms with E-state index in [1.54, 1.807) is 10.7 Å². The molecular formula is C27H33F2N7O2. The van der Waals surface area contributed by atoms with Gasteiger partial charge >= 0.3 is 0 Å². The summed E-state index contributed by atoms with van der Waals surface area (Å²) in [5, 5.41) is 7.77. The molecule has 3 aromatic heterocycles. The van der Waals surface area contributed by atoms with Crippen LogP contribution in [0.25, 0.3) is 27.7 Å². The second-order valence-electron chi connectivity index (χ2n) is 10.9. The first-order valence-electron chi connectivity index (χ1n) is 13.0. The Labute approximate surface area is 219 Å². The van der Waals surface area contributed by atoms with E-state index in [4.69, 9.17) is 9.47 Å². The number of hydrogen-bond donors (Lipinski definition) is 1. The number of rotatable bonds is 6. The summed E-state index contributed by atoms with van der Waals surface area (Å²) in [4.78, 5) is 11.2. The molecule has 2 atom stereocenters. The molecule has 11 heteroatoms. The van der Waals surface area contributed by atoms with Gasteiger partial charge in [-0.25, -0.2) is 18.3 Å². The van der Waals surface area contributed by atoms with Gasteiger partial charge in [-0.2, -0.15) is 4.98 Å². The van der Waals surface area contributed by atoms with Crippen molar-refractivity contribution < 1.29 is 18.3 Å². The zero-order valence-electron chi connectivity index (χ0n) is 22.3. The molecule has 9 nitrogen and oxygen atoms in total. The zero-order valence-corrected chi connectivity index (χ0v) is 22.3. The molecule has 0 unspecified atom stereocenters. The van der Waals surface area contributed by atoms with Crippen LogP contribution in [0, 0.1) is 12.7 Å². The number of alkyl halides is 1. The Hall–Kier alpha value is -3.31. The van der Waals surface area contributed by atoms with Crippen LogP contribution < -0.4 is 10.1 Å². The highest BCUT2D eigenvalue weighted by atomic mass is 19.1. The fourth-order valence-electron chi connectivity index (χ4n) is 5.81. The molecule has 38 heavy (non-hydrogen) atoms. The van der Waals surface area contributed by atoms with E-state index in [9.17, 15) is 0 Å². The van der Waals surface area contributed by atoms with E-state index >= 15 is 8.78 Å². The molecular weight excluding hydrogens is 492 g/mol. The number of nitrogens with one attached hydrogen (secondary N) is 1. The molecule has 0 aliphatic carbocycles. The van der Waals surface area contributed by atoms with Crippen LogP contribution in [0.2, 0.25) is 0 Å². The summed E-state index contributed by atoms with van der Waals surface area (Å²) in [5.74, 6) is 0.978. The normalized spacial score (nSPS) is 21.8. The van der Waals surface area contributed by atoms with Gasteiger partial charge in [0.1, 0.15) is 23.0 Å². The highest BCUT2D eigenvalue weighted by Crippen LogP contribution is 2.35. The Balaban J connectivity index is 1.32. The lowest BCUT2D eigenvalue weighted by Gasteiger charge is -2.50. The van der Waals surface area contributed by atoms with E-state index in [2.05, 4.69) is 32.2 Å². The van der Waals surface area contributed by atoms with Crippen LogP contribution in [0.15, 0.2) is 24.4 Å². The number of likely N-dealkylation sites (tertiary alicyclic amines) is 1. The second-order valence-corrected chi connectivity index (χ2v) is 10.9. The summed E-state index contributed by atoms with van der Waals surface area (Å²) >= 11 is 0. The van der Waals surface area contributed by atoms with E-state index in [0.717, 1.165) is 23.4 Å². The predicted octanol–water partition coefficient (Wildman–Crippen LogP) is 4.40. The van der Waals surface area contributed by atoms with E-state index in [-0.39, 0.29) is 23.3 Å². The van der Waals surface area contributed by atoms with Crippen molar-refractivity contribution in [2.75, 3.05) is 38.7 Å². The average molecular weight is 526 g/mol. The van der Waals surface area contributed by atoms with Crippen LogP contribution >= 0.6 is 0 Å². The molecule has 5 heterocycles. The highest BCUT2D eigenvalue weighted by molar-refractivity contribution is 5.90. The maximum Gasteiger partial charge on any atom is 0.244 e. The number of halogens is 2. The number of aryl methyl sites for hydroxylation is 1. The van der Waals surface area contributed by atoms with Gasteiger partial charge in [-0.15, -0.1) is 5.10 Å². The number of fused-ring (bicyclic) bond motifs is 2. The SMILES string of the molecule is COc1nc(N[C@H]2CCN(C3(C)COC3)C[C@H]2F)nn2ccc(-c3cc(F)c4nc(C)n(C(C)C)c4c3)c12. The Morgan fingerprint density at radius 1 is 1.24 bits per heavy atom. The Bertz CT molecular complexity index is 1510. The first kappa shape index (κ1) is 25.0. The standard InChI is InChI=1S/C27H33F2N7O2/c1-15(2)36-16(3)30-23-19(28)10-17(11-22(23)36)18-6-9-35-24(18)25(37-5)32-26(33-35)31-21-7-8-34(12-20(21)29)27(4)13-38-14-27/h6,9-11,15,20-21H,7-8,12-14H2,1-5H3,(H,31,33)/t20-,21+/m1/s1. The van der Waals surface area contributed by atoms with Gasteiger partial charge in [0.05, 0.1) is 37.4 Å². The number of nitrogens with zero attached hydrogens (tertiary/aromatic N) is 6. The molecule has 0 saturated carbocycles. The summed E-state index contributed by atoms with van der Waals surface area (Å²) in [6.45, 7) is 10.5. The van der Waals surface area contributed by atoms with Gasteiger partial charge in [0.25, 0.3) is 0 Å². The van der Waals surface area contributed by atoms with Crippen LogP contribution in [-0.4, -0.2) is 80.2 Å². The van der Waals surface area contributed by atoms with E-state index < -0.39 is 12.2 Å². The lowest BCUT2D eigenvalue weighted by molar-refractivity contribution is -0.142. The molecule has 2 aliphatic rings. The van der Waals surface area contributed by atoms with Gasteiger partial charge in [-0.1, -0.05) is 0 Å². The highest BCUT2D eigenvalue weighted by Gasteiger charge is 2.43. The largest absolute Gasteiger partial charge is 0.479 e. The second kappa shape index (κ2) is 9.16. The summed E-state index contributed by atoms with van der Waals surface area (Å²) < 4.78 is 45.0. The van der Waals surface area contributed by atoms with Crippen molar-refractivity contribution in [2.45, 2.75) is 57.9 Å². The first-order chi connectivity index (χ1) is 18.2. The number of anilines is 1. The van der Waals surface area contributed by atoms with Crippen molar-refractivity contribution >= 4 is 22.5 Å². The summed E-state index contributed by atoms with van der Waals surface area (Å²) in [7, 11) is 1.53. The van der Waals surface area contributed by atoms with Gasteiger partial charge < -0.3 is 19.4 Å². The number of piperidine rings is 1. The van der Waals surface area contributed by atoms with Gasteiger partial charge in [0.2, 0.25) is 11.8 Å². The van der Waals surface area contributed by atoms with Crippen molar-refractivity contribution in [1.29, 1.82) is 0 Å². The average Bonchev–Trinajstić information content (AvgIpc) is 3.44. The summed E-state index contributed by atoms with van der Waals surface area (Å²) in [6.07, 6.45) is 1.33. The summed E-state index contributed by atoms with van der Waals surface area (Å²) in [6, 6.07) is 4.99. The number of benzene rings is 1. The van der Waals surface area contributed by atoms with Crippen LogP contribution in [0.5, 0.6) is 5.88 Å². The van der Waals surface area contributed by atoms with Crippen molar-refractivity contribution in [1.82, 2.24) is 29.0 Å². The van der Waals surface area contributed by atoms with Gasteiger partial charge in [0, 0.05) is 30.9 Å². The number of aromatic nitrogens is 5. The zero-order chi connectivity index (χ0) is 26.8. The molecule has 1 N–H and O–H groups in total. The van der Waals surface area contributed by atoms with Crippen LogP contribution in [-0.2, 0) is 4.74 Å². The van der Waals surface area contributed by atoms with E-state index in [0.29, 0.717) is 48.7 Å². The fraction of sp³-hybridized carbons (Fsp3) is 0.519. The third-order valence-corrected chi connectivity index (χ3v) is 7.87. The third-order valence-electron chi connectivity index (χ3n) is 7.87. The molecule has 0 bridgehead atoms. The minimum absolute atomic E-state index is 0.0798. The molecule has 0 radical (unpaired) electrons. The minimum Gasteiger partial charge on any atom is -0.479 e. The lowest BCUT2D eigenvalue weighted by Crippen LogP contribution is -2.64. The number of hydrogen-bond acceptors (Lipinski definition) is 7. The topological polar surface area (TPSA) is 81.7 Å². The molecule has 0 spiro atoms. The van der Waals surface area contributed by atoms with Crippen LogP contribution in [0.3, 0.4) is 0 Å². The van der Waals surface area contributed by atoms with Crippen molar-refractivity contribution in [3.05, 3.63) is 36.0 Å². The van der Waals surface area contributed by atoms with Crippen LogP contribution in [0.1, 0.15) is 39.1 Å². The van der Waals surface area contributed by atoms with Crippen molar-refractivity contribution in [3.63, 3.8) is 0 Å². The minimum atomic E-state index is -1.07. The molecule has 6 rings (SSSR count). The Morgan fingerprint density at radius 3 is 2.68 bits per heavy atom. The molecule has 1 aromatic carbocycles. The summed E-state index contributed by atoms with van der Waals surface area (Å²) in [5.41, 5.74) is 3.01. The number of imidazole rings is 1. The van der Waals surface area contributed by atoms with Crippen molar-refractivity contribution in [2.24, 2.45) is 0 Å². The van der Waals surface area contributed by atoms with Gasteiger partial charge in [-0.05, 0) is 57.9 Å². The molecule has 4 aromatic rings. The number of ether oxygens (including phenoxy) is 2. The Morgan fingerprint density at radius 2 is 2.03 bits per heavy atom. The maximum atomic E-state index is 15.2. The molecule has 2 fully saturated rings.